The number of hydrogen-bond donors (Lipinski definition) is 4. The lowest BCUT2D eigenvalue weighted by molar-refractivity contribution is -0.139. The molecule has 1 aliphatic carbocycles. The molecule has 9 nitrogen and oxygen atoms in total. The molecular weight excluding hydrogens is 451 g/mol. The van der Waals surface area contributed by atoms with E-state index in [4.69, 9.17) is 5.73 Å². The lowest BCUT2D eigenvalue weighted by atomic mass is 10.1. The van der Waals surface area contributed by atoms with E-state index in [9.17, 15) is 24.6 Å². The summed E-state index contributed by atoms with van der Waals surface area (Å²) in [6.45, 7) is 0.551. The van der Waals surface area contributed by atoms with E-state index >= 15 is 4.39 Å². The Balaban J connectivity index is 1.74. The molecule has 0 amide bonds. The van der Waals surface area contributed by atoms with Gasteiger partial charge in [0.2, 0.25) is 5.43 Å². The minimum atomic E-state index is -1.33. The predicted octanol–water partition coefficient (Wildman–Crippen LogP) is 1.83. The number of aliphatic carboxylic acids is 1. The fourth-order valence-electron chi connectivity index (χ4n) is 4.47. The Morgan fingerprint density at radius 1 is 1.30 bits per heavy atom. The van der Waals surface area contributed by atoms with E-state index in [1.54, 1.807) is 10.6 Å². The van der Waals surface area contributed by atoms with E-state index < -0.39 is 35.3 Å². The molecule has 33 heavy (non-hydrogen) atoms. The summed E-state index contributed by atoms with van der Waals surface area (Å²) >= 11 is 1.47. The van der Waals surface area contributed by atoms with Gasteiger partial charge in [0.15, 0.2) is 0 Å². The summed E-state index contributed by atoms with van der Waals surface area (Å²) in [5, 5.41) is 22.1. The molecule has 11 heteroatoms. The lowest BCUT2D eigenvalue weighted by Gasteiger charge is -2.33. The molecule has 1 aromatic carbocycles. The van der Waals surface area contributed by atoms with E-state index in [1.165, 1.54) is 18.0 Å². The number of anilines is 1. The Bertz CT molecular complexity index is 1150. The molecule has 2 fully saturated rings. The maximum absolute atomic E-state index is 15.3. The minimum absolute atomic E-state index is 0.0416. The van der Waals surface area contributed by atoms with Crippen LogP contribution >= 0.6 is 11.8 Å². The van der Waals surface area contributed by atoms with Crippen molar-refractivity contribution in [2.24, 2.45) is 5.73 Å². The fourth-order valence-corrected chi connectivity index (χ4v) is 5.13. The van der Waals surface area contributed by atoms with Crippen LogP contribution in [0.2, 0.25) is 0 Å². The summed E-state index contributed by atoms with van der Waals surface area (Å²) < 4.78 is 17.1. The van der Waals surface area contributed by atoms with Crippen LogP contribution in [0.15, 0.2) is 23.1 Å². The van der Waals surface area contributed by atoms with Gasteiger partial charge < -0.3 is 25.4 Å². The average Bonchev–Trinajstić information content (AvgIpc) is 3.51. The number of thioether (sulfide) groups is 1. The molecule has 1 saturated carbocycles. The zero-order valence-corrected chi connectivity index (χ0v) is 19.0. The second kappa shape index (κ2) is 9.32. The van der Waals surface area contributed by atoms with Crippen molar-refractivity contribution >= 4 is 40.3 Å². The van der Waals surface area contributed by atoms with Gasteiger partial charge in [-0.2, -0.15) is 11.8 Å². The largest absolute Gasteiger partial charge is 0.480 e. The number of hydrogen-bond acceptors (Lipinski definition) is 7. The molecule has 1 aliphatic heterocycles. The number of halogens is 1. The minimum Gasteiger partial charge on any atom is -0.480 e. The van der Waals surface area contributed by atoms with Crippen molar-refractivity contribution in [1.82, 2.24) is 9.88 Å². The van der Waals surface area contributed by atoms with Crippen LogP contribution in [0.4, 0.5) is 10.1 Å². The van der Waals surface area contributed by atoms with Gasteiger partial charge in [-0.05, 0) is 44.1 Å². The van der Waals surface area contributed by atoms with Crippen molar-refractivity contribution in [2.45, 2.75) is 50.0 Å². The number of carboxylic acids is 2. The van der Waals surface area contributed by atoms with E-state index in [1.807, 2.05) is 11.2 Å². The lowest BCUT2D eigenvalue weighted by Crippen LogP contribution is -2.57. The van der Waals surface area contributed by atoms with Gasteiger partial charge in [0, 0.05) is 36.0 Å². The van der Waals surface area contributed by atoms with Gasteiger partial charge in [-0.15, -0.1) is 0 Å². The second-order valence-electron chi connectivity index (χ2n) is 8.58. The van der Waals surface area contributed by atoms with Crippen LogP contribution in [-0.2, 0) is 4.79 Å². The summed E-state index contributed by atoms with van der Waals surface area (Å²) in [5.41, 5.74) is 5.59. The van der Waals surface area contributed by atoms with E-state index in [2.05, 4.69) is 5.32 Å². The zero-order valence-electron chi connectivity index (χ0n) is 18.2. The fraction of sp³-hybridized carbons (Fsp3) is 0.500. The topological polar surface area (TPSA) is 138 Å². The maximum Gasteiger partial charge on any atom is 0.341 e. The number of benzene rings is 1. The van der Waals surface area contributed by atoms with Crippen molar-refractivity contribution in [1.29, 1.82) is 0 Å². The molecule has 178 valence electrons. The normalized spacial score (nSPS) is 20.2. The summed E-state index contributed by atoms with van der Waals surface area (Å²) in [7, 11) is 0. The molecule has 2 unspecified atom stereocenters. The number of pyridine rings is 1. The highest BCUT2D eigenvalue weighted by Crippen LogP contribution is 2.38. The summed E-state index contributed by atoms with van der Waals surface area (Å²) in [4.78, 5) is 37.5. The van der Waals surface area contributed by atoms with E-state index in [0.29, 0.717) is 29.9 Å². The van der Waals surface area contributed by atoms with Crippen LogP contribution in [-0.4, -0.2) is 63.5 Å². The van der Waals surface area contributed by atoms with Gasteiger partial charge in [-0.3, -0.25) is 14.9 Å². The van der Waals surface area contributed by atoms with Gasteiger partial charge >= 0.3 is 11.9 Å². The third-order valence-electron chi connectivity index (χ3n) is 6.30. The molecule has 2 aromatic rings. The van der Waals surface area contributed by atoms with Crippen molar-refractivity contribution < 1.29 is 24.2 Å². The standard InChI is InChI=1S/C22H27FN4O5S/c1-33-10-15(19(24)22(31)32)25-18-3-2-6-26(18)17-8-16-12(7-14(17)23)20(28)13(21(29)30)9-27(16)11-4-5-11/h7-9,11,15,18-19,25H,2-6,10,24H2,1H3,(H,29,30)(H,31,32)/t15?,18?,19-/m0/s1. The molecule has 2 aliphatic rings. The Kier molecular flexibility index (Phi) is 6.64. The van der Waals surface area contributed by atoms with Crippen molar-refractivity contribution in [3.63, 3.8) is 0 Å². The number of carboxylic acid groups (broad SMARTS) is 2. The first kappa shape index (κ1) is 23.5. The number of aromatic nitrogens is 1. The maximum atomic E-state index is 15.3. The van der Waals surface area contributed by atoms with Gasteiger partial charge in [-0.25, -0.2) is 9.18 Å². The molecule has 0 bridgehead atoms. The Morgan fingerprint density at radius 3 is 2.64 bits per heavy atom. The number of nitrogens with two attached hydrogens (primary N) is 1. The summed E-state index contributed by atoms with van der Waals surface area (Å²) in [5.74, 6) is -2.58. The van der Waals surface area contributed by atoms with Gasteiger partial charge in [0.05, 0.1) is 17.4 Å². The van der Waals surface area contributed by atoms with Crippen LogP contribution in [0.25, 0.3) is 10.9 Å². The third-order valence-corrected chi connectivity index (χ3v) is 7.00. The molecule has 4 rings (SSSR count). The van der Waals surface area contributed by atoms with Crippen LogP contribution in [0, 0.1) is 5.82 Å². The van der Waals surface area contributed by atoms with Gasteiger partial charge in [0.25, 0.3) is 0 Å². The van der Waals surface area contributed by atoms with E-state index in [0.717, 1.165) is 25.3 Å². The first-order chi connectivity index (χ1) is 15.7. The number of nitrogens with zero attached hydrogens (tertiary/aromatic N) is 2. The van der Waals surface area contributed by atoms with Crippen molar-refractivity contribution in [2.75, 3.05) is 23.5 Å². The molecule has 0 spiro atoms. The highest BCUT2D eigenvalue weighted by Gasteiger charge is 2.33. The Labute approximate surface area is 193 Å². The molecule has 2 heterocycles. The summed E-state index contributed by atoms with van der Waals surface area (Å²) in [6.07, 6.45) is 6.08. The first-order valence-corrected chi connectivity index (χ1v) is 12.2. The average molecular weight is 479 g/mol. The molecule has 0 radical (unpaired) electrons. The Morgan fingerprint density at radius 2 is 2.03 bits per heavy atom. The predicted molar refractivity (Wildman–Crippen MR) is 125 cm³/mol. The molecule has 1 saturated heterocycles. The van der Waals surface area contributed by atoms with Crippen molar-refractivity contribution in [3.05, 3.63) is 39.9 Å². The van der Waals surface area contributed by atoms with Crippen molar-refractivity contribution in [3.8, 4) is 0 Å². The zero-order chi connectivity index (χ0) is 23.9. The number of carbonyl (C=O) groups is 2. The van der Waals surface area contributed by atoms with Gasteiger partial charge in [-0.1, -0.05) is 0 Å². The first-order valence-electron chi connectivity index (χ1n) is 10.8. The van der Waals surface area contributed by atoms with Crippen LogP contribution in [0.5, 0.6) is 0 Å². The molecule has 3 atom stereocenters. The highest BCUT2D eigenvalue weighted by atomic mass is 32.2. The van der Waals surface area contributed by atoms with Crippen LogP contribution < -0.4 is 21.4 Å². The smallest absolute Gasteiger partial charge is 0.341 e. The quantitative estimate of drug-likeness (QED) is 0.425. The number of nitrogens with one attached hydrogen (secondary N) is 1. The summed E-state index contributed by atoms with van der Waals surface area (Å²) in [6, 6.07) is 1.20. The second-order valence-corrected chi connectivity index (χ2v) is 9.49. The number of rotatable bonds is 9. The third kappa shape index (κ3) is 4.57. The molecule has 1 aromatic heterocycles. The molecule has 5 N–H and O–H groups in total. The van der Waals surface area contributed by atoms with E-state index in [-0.39, 0.29) is 23.2 Å². The van der Waals surface area contributed by atoms with Crippen LogP contribution in [0.1, 0.15) is 42.1 Å². The monoisotopic (exact) mass is 478 g/mol. The number of fused-ring (bicyclic) bond motifs is 1. The van der Waals surface area contributed by atoms with Gasteiger partial charge in [0.1, 0.15) is 17.4 Å². The van der Waals surface area contributed by atoms with Crippen LogP contribution in [0.3, 0.4) is 0 Å². The molecular formula is C22H27FN4O5S. The SMILES string of the molecule is CSCC(NC1CCCN1c1cc2c(cc1F)c(=O)c(C(=O)O)cn2C1CC1)[C@H](N)C(=O)O. The number of aromatic carboxylic acids is 1. The highest BCUT2D eigenvalue weighted by molar-refractivity contribution is 7.98. The Hall–Kier alpha value is -2.63.